The lowest BCUT2D eigenvalue weighted by Gasteiger charge is -2.35. The van der Waals surface area contributed by atoms with Gasteiger partial charge >= 0.3 is 0 Å². The van der Waals surface area contributed by atoms with E-state index in [0.29, 0.717) is 6.54 Å². The number of furan rings is 1. The molecule has 1 aliphatic carbocycles. The topological polar surface area (TPSA) is 50.5 Å². The van der Waals surface area contributed by atoms with Crippen LogP contribution in [0, 0.1) is 6.92 Å². The van der Waals surface area contributed by atoms with Crippen molar-refractivity contribution in [3.63, 3.8) is 0 Å². The summed E-state index contributed by atoms with van der Waals surface area (Å²) in [6, 6.07) is 3.69. The Balaban J connectivity index is 1.81. The minimum atomic E-state index is -2.97. The highest BCUT2D eigenvalue weighted by molar-refractivity contribution is 7.91. The van der Waals surface area contributed by atoms with Gasteiger partial charge < -0.3 is 4.42 Å². The summed E-state index contributed by atoms with van der Waals surface area (Å²) in [7, 11) is -2.97. The third-order valence-corrected chi connectivity index (χ3v) is 6.05. The Labute approximate surface area is 126 Å². The second-order valence-electron chi connectivity index (χ2n) is 6.16. The van der Waals surface area contributed by atoms with Crippen LogP contribution in [0.25, 0.3) is 0 Å². The van der Waals surface area contributed by atoms with Crippen molar-refractivity contribution in [2.24, 2.45) is 0 Å². The second-order valence-corrected chi connectivity index (χ2v) is 8.39. The maximum atomic E-state index is 12.0. The Morgan fingerprint density at radius 2 is 2.19 bits per heavy atom. The molecule has 1 aromatic heterocycles. The molecule has 0 bridgehead atoms. The van der Waals surface area contributed by atoms with E-state index in [4.69, 9.17) is 4.42 Å². The molecule has 1 fully saturated rings. The fourth-order valence-electron chi connectivity index (χ4n) is 3.23. The number of hydrogen-bond donors (Lipinski definition) is 0. The summed E-state index contributed by atoms with van der Waals surface area (Å²) in [6.45, 7) is 3.37. The van der Waals surface area contributed by atoms with Crippen molar-refractivity contribution < 1.29 is 12.8 Å². The third kappa shape index (κ3) is 3.58. The number of rotatable bonds is 3. The van der Waals surface area contributed by atoms with E-state index in [0.717, 1.165) is 30.9 Å². The van der Waals surface area contributed by atoms with Gasteiger partial charge in [0.15, 0.2) is 9.84 Å². The maximum absolute atomic E-state index is 12.0. The smallest absolute Gasteiger partial charge is 0.153 e. The van der Waals surface area contributed by atoms with Gasteiger partial charge in [-0.15, -0.1) is 0 Å². The lowest BCUT2D eigenvalue weighted by molar-refractivity contribution is 0.203. The fourth-order valence-corrected chi connectivity index (χ4v) is 4.77. The summed E-state index contributed by atoms with van der Waals surface area (Å²) >= 11 is 0. The van der Waals surface area contributed by atoms with Gasteiger partial charge in [0.05, 0.1) is 17.5 Å². The molecular weight excluding hydrogens is 286 g/mol. The molecular formula is C16H23NO3S. The molecule has 0 spiro atoms. The van der Waals surface area contributed by atoms with Gasteiger partial charge in [0, 0.05) is 13.1 Å². The zero-order chi connectivity index (χ0) is 14.9. The van der Waals surface area contributed by atoms with Crippen LogP contribution in [0.3, 0.4) is 0 Å². The van der Waals surface area contributed by atoms with Crippen LogP contribution in [0.4, 0.5) is 0 Å². The van der Waals surface area contributed by atoms with Crippen LogP contribution in [-0.4, -0.2) is 37.9 Å². The molecule has 5 heteroatoms. The molecule has 0 unspecified atom stereocenters. The Kier molecular flexibility index (Phi) is 4.22. The summed E-state index contributed by atoms with van der Waals surface area (Å²) in [5.41, 5.74) is 1.45. The molecule has 3 rings (SSSR count). The summed E-state index contributed by atoms with van der Waals surface area (Å²) in [5, 5.41) is 0. The summed E-state index contributed by atoms with van der Waals surface area (Å²) in [4.78, 5) is 2.27. The normalized spacial score (nSPS) is 26.5. The van der Waals surface area contributed by atoms with E-state index in [1.807, 2.05) is 19.1 Å². The van der Waals surface area contributed by atoms with E-state index < -0.39 is 9.84 Å². The minimum Gasteiger partial charge on any atom is -0.465 e. The number of nitrogens with zero attached hydrogens (tertiary/aromatic N) is 1. The minimum absolute atomic E-state index is 0.139. The number of sulfone groups is 1. The molecule has 4 nitrogen and oxygen atoms in total. The molecule has 21 heavy (non-hydrogen) atoms. The predicted molar refractivity (Wildman–Crippen MR) is 83.0 cm³/mol. The van der Waals surface area contributed by atoms with Crippen molar-refractivity contribution in [3.05, 3.63) is 35.3 Å². The van der Waals surface area contributed by atoms with Crippen LogP contribution < -0.4 is 0 Å². The van der Waals surface area contributed by atoms with E-state index in [1.165, 1.54) is 18.4 Å². The van der Waals surface area contributed by atoms with Gasteiger partial charge in [0.1, 0.15) is 11.5 Å². The largest absolute Gasteiger partial charge is 0.465 e. The molecule has 1 aromatic rings. The molecule has 1 atom stereocenters. The molecule has 1 aliphatic heterocycles. The number of allylic oxidation sites excluding steroid dienone is 1. The van der Waals surface area contributed by atoms with Gasteiger partial charge in [-0.25, -0.2) is 8.42 Å². The van der Waals surface area contributed by atoms with Gasteiger partial charge in [-0.3, -0.25) is 4.90 Å². The molecule has 0 radical (unpaired) electrons. The molecule has 0 saturated carbocycles. The molecule has 2 aliphatic rings. The van der Waals surface area contributed by atoms with Gasteiger partial charge in [0.2, 0.25) is 0 Å². The molecule has 116 valence electrons. The van der Waals surface area contributed by atoms with Crippen LogP contribution in [0.2, 0.25) is 0 Å². The summed E-state index contributed by atoms with van der Waals surface area (Å²) < 4.78 is 29.7. The van der Waals surface area contributed by atoms with Crippen LogP contribution >= 0.6 is 0 Å². The van der Waals surface area contributed by atoms with Crippen molar-refractivity contribution in [2.45, 2.75) is 38.6 Å². The van der Waals surface area contributed by atoms with E-state index in [1.54, 1.807) is 0 Å². The lowest BCUT2D eigenvalue weighted by atomic mass is 9.98. The van der Waals surface area contributed by atoms with Gasteiger partial charge in [-0.05, 0) is 44.7 Å². The van der Waals surface area contributed by atoms with Crippen LogP contribution in [0.15, 0.2) is 28.2 Å². The Morgan fingerprint density at radius 1 is 1.33 bits per heavy atom. The molecule has 2 heterocycles. The first-order valence-corrected chi connectivity index (χ1v) is 9.54. The highest BCUT2D eigenvalue weighted by Crippen LogP contribution is 2.30. The first-order chi connectivity index (χ1) is 10.0. The number of aryl methyl sites for hydroxylation is 1. The zero-order valence-electron chi connectivity index (χ0n) is 12.5. The third-order valence-electron chi connectivity index (χ3n) is 4.42. The molecule has 0 amide bonds. The van der Waals surface area contributed by atoms with Crippen LogP contribution in [-0.2, 0) is 9.84 Å². The second kappa shape index (κ2) is 5.97. The van der Waals surface area contributed by atoms with E-state index in [-0.39, 0.29) is 17.5 Å². The van der Waals surface area contributed by atoms with E-state index in [9.17, 15) is 8.42 Å². The Bertz CT molecular complexity index is 630. The van der Waals surface area contributed by atoms with Gasteiger partial charge in [-0.1, -0.05) is 11.6 Å². The molecule has 1 saturated heterocycles. The van der Waals surface area contributed by atoms with Crippen molar-refractivity contribution in [2.75, 3.05) is 24.6 Å². The van der Waals surface area contributed by atoms with Gasteiger partial charge in [-0.2, -0.15) is 0 Å². The van der Waals surface area contributed by atoms with Crippen LogP contribution in [0.1, 0.15) is 43.2 Å². The summed E-state index contributed by atoms with van der Waals surface area (Å²) in [6.07, 6.45) is 7.16. The quantitative estimate of drug-likeness (QED) is 0.806. The van der Waals surface area contributed by atoms with Gasteiger partial charge in [0.25, 0.3) is 0 Å². The highest BCUT2D eigenvalue weighted by Gasteiger charge is 2.34. The average molecular weight is 309 g/mol. The lowest BCUT2D eigenvalue weighted by Crippen LogP contribution is -2.43. The van der Waals surface area contributed by atoms with Crippen molar-refractivity contribution in [1.29, 1.82) is 0 Å². The van der Waals surface area contributed by atoms with Crippen molar-refractivity contribution >= 4 is 9.84 Å². The first kappa shape index (κ1) is 14.9. The highest BCUT2D eigenvalue weighted by atomic mass is 32.2. The first-order valence-electron chi connectivity index (χ1n) is 7.72. The maximum Gasteiger partial charge on any atom is 0.153 e. The molecule has 0 N–H and O–H groups in total. The summed E-state index contributed by atoms with van der Waals surface area (Å²) in [5.74, 6) is 2.06. The Morgan fingerprint density at radius 3 is 2.86 bits per heavy atom. The predicted octanol–water partition coefficient (Wildman–Crippen LogP) is 2.86. The SMILES string of the molecule is Cc1ccc([C@H]2CS(=O)(=O)CCN2CC2=CCCCC2)o1. The van der Waals surface area contributed by atoms with E-state index >= 15 is 0 Å². The standard InChI is InChI=1S/C16H23NO3S/c1-13-7-8-16(20-13)15-12-21(18,19)10-9-17(15)11-14-5-3-2-4-6-14/h5,7-8,15H,2-4,6,9-12H2,1H3/t15-/m1/s1. The van der Waals surface area contributed by atoms with E-state index in [2.05, 4.69) is 11.0 Å². The van der Waals surface area contributed by atoms with Crippen molar-refractivity contribution in [1.82, 2.24) is 4.90 Å². The Hall–Kier alpha value is -1.07. The average Bonchev–Trinajstić information content (AvgIpc) is 2.88. The fraction of sp³-hybridized carbons (Fsp3) is 0.625. The molecule has 0 aromatic carbocycles. The monoisotopic (exact) mass is 309 g/mol. The zero-order valence-corrected chi connectivity index (χ0v) is 13.4. The number of hydrogen-bond acceptors (Lipinski definition) is 4. The van der Waals surface area contributed by atoms with Crippen LogP contribution in [0.5, 0.6) is 0 Å². The van der Waals surface area contributed by atoms with Crippen molar-refractivity contribution in [3.8, 4) is 0 Å².